The maximum absolute atomic E-state index is 12.1. The largest absolute Gasteiger partial charge is 0.481 e. The van der Waals surface area contributed by atoms with E-state index >= 15 is 0 Å². The first kappa shape index (κ1) is 14.0. The molecule has 0 saturated carbocycles. The normalized spacial score (nSPS) is 18.3. The van der Waals surface area contributed by atoms with Crippen molar-refractivity contribution in [2.75, 3.05) is 13.1 Å². The van der Waals surface area contributed by atoms with E-state index in [-0.39, 0.29) is 5.91 Å². The number of hydrogen-bond acceptors (Lipinski definition) is 4. The molecule has 1 saturated heterocycles. The maximum atomic E-state index is 12.1. The minimum atomic E-state index is -0.727. The van der Waals surface area contributed by atoms with Crippen LogP contribution in [0.1, 0.15) is 43.1 Å². The summed E-state index contributed by atoms with van der Waals surface area (Å²) in [6.07, 6.45) is 2.60. The number of carboxylic acids is 1. The van der Waals surface area contributed by atoms with Gasteiger partial charge in [-0.25, -0.2) is 4.98 Å². The standard InChI is InChI=1S/C13H18N2O3S/c1-2-3-13(12(17)18)4-6-15(7-5-13)11(16)10-8-19-9-14-10/h8-9H,2-7H2,1H3,(H,17,18). The van der Waals surface area contributed by atoms with Crippen molar-refractivity contribution in [3.05, 3.63) is 16.6 Å². The molecule has 0 aromatic carbocycles. The predicted molar refractivity (Wildman–Crippen MR) is 72.2 cm³/mol. The molecule has 0 spiro atoms. The van der Waals surface area contributed by atoms with Crippen molar-refractivity contribution in [1.29, 1.82) is 0 Å². The van der Waals surface area contributed by atoms with E-state index in [0.717, 1.165) is 6.42 Å². The Kier molecular flexibility index (Phi) is 4.19. The zero-order valence-corrected chi connectivity index (χ0v) is 11.8. The van der Waals surface area contributed by atoms with Gasteiger partial charge in [-0.2, -0.15) is 0 Å². The van der Waals surface area contributed by atoms with E-state index in [1.54, 1.807) is 15.8 Å². The predicted octanol–water partition coefficient (Wildman–Crippen LogP) is 2.25. The summed E-state index contributed by atoms with van der Waals surface area (Å²) >= 11 is 1.39. The van der Waals surface area contributed by atoms with Crippen LogP contribution in [-0.2, 0) is 4.79 Å². The number of piperidine rings is 1. The van der Waals surface area contributed by atoms with Gasteiger partial charge in [-0.15, -0.1) is 11.3 Å². The Morgan fingerprint density at radius 3 is 2.63 bits per heavy atom. The molecule has 1 aromatic rings. The van der Waals surface area contributed by atoms with Crippen molar-refractivity contribution >= 4 is 23.2 Å². The monoisotopic (exact) mass is 282 g/mol. The number of carbonyl (C=O) groups excluding carboxylic acids is 1. The molecule has 104 valence electrons. The van der Waals surface area contributed by atoms with Crippen molar-refractivity contribution < 1.29 is 14.7 Å². The average Bonchev–Trinajstić information content (AvgIpc) is 2.93. The molecule has 2 heterocycles. The minimum Gasteiger partial charge on any atom is -0.481 e. The number of aromatic nitrogens is 1. The highest BCUT2D eigenvalue weighted by Crippen LogP contribution is 2.36. The fourth-order valence-corrected chi connectivity index (χ4v) is 3.19. The maximum Gasteiger partial charge on any atom is 0.309 e. The van der Waals surface area contributed by atoms with E-state index in [1.807, 2.05) is 6.92 Å². The molecule has 1 aliphatic rings. The van der Waals surface area contributed by atoms with Gasteiger partial charge >= 0.3 is 5.97 Å². The number of nitrogens with zero attached hydrogens (tertiary/aromatic N) is 2. The Morgan fingerprint density at radius 1 is 1.47 bits per heavy atom. The third-order valence-corrected chi connectivity index (χ3v) is 4.43. The van der Waals surface area contributed by atoms with E-state index < -0.39 is 11.4 Å². The third kappa shape index (κ3) is 2.78. The Labute approximate surface area is 116 Å². The molecule has 1 N–H and O–H groups in total. The number of hydrogen-bond donors (Lipinski definition) is 1. The molecule has 19 heavy (non-hydrogen) atoms. The molecule has 5 nitrogen and oxygen atoms in total. The number of carbonyl (C=O) groups is 2. The fourth-order valence-electron chi connectivity index (χ4n) is 2.67. The fraction of sp³-hybridized carbons (Fsp3) is 0.615. The zero-order chi connectivity index (χ0) is 13.9. The molecule has 0 bridgehead atoms. The summed E-state index contributed by atoms with van der Waals surface area (Å²) in [5.74, 6) is -0.813. The second kappa shape index (κ2) is 5.69. The van der Waals surface area contributed by atoms with Crippen LogP contribution in [-0.4, -0.2) is 40.0 Å². The van der Waals surface area contributed by atoms with E-state index in [2.05, 4.69) is 4.98 Å². The van der Waals surface area contributed by atoms with Crippen LogP contribution in [0.3, 0.4) is 0 Å². The van der Waals surface area contributed by atoms with Crippen LogP contribution in [0.4, 0.5) is 0 Å². The Hall–Kier alpha value is -1.43. The number of thiazole rings is 1. The summed E-state index contributed by atoms with van der Waals surface area (Å²) in [7, 11) is 0. The van der Waals surface area contributed by atoms with Gasteiger partial charge in [0.15, 0.2) is 0 Å². The molecule has 0 atom stereocenters. The van der Waals surface area contributed by atoms with Gasteiger partial charge in [0, 0.05) is 18.5 Å². The highest BCUT2D eigenvalue weighted by atomic mass is 32.1. The molecular weight excluding hydrogens is 264 g/mol. The third-order valence-electron chi connectivity index (χ3n) is 3.84. The highest BCUT2D eigenvalue weighted by molar-refractivity contribution is 7.07. The first-order chi connectivity index (χ1) is 9.09. The van der Waals surface area contributed by atoms with Crippen molar-refractivity contribution in [2.24, 2.45) is 5.41 Å². The summed E-state index contributed by atoms with van der Waals surface area (Å²) in [6, 6.07) is 0. The van der Waals surface area contributed by atoms with E-state index in [9.17, 15) is 14.7 Å². The second-order valence-electron chi connectivity index (χ2n) is 5.00. The summed E-state index contributed by atoms with van der Waals surface area (Å²) in [6.45, 7) is 3.00. The first-order valence-electron chi connectivity index (χ1n) is 6.50. The van der Waals surface area contributed by atoms with Crippen LogP contribution in [0.5, 0.6) is 0 Å². The van der Waals surface area contributed by atoms with Crippen LogP contribution >= 0.6 is 11.3 Å². The highest BCUT2D eigenvalue weighted by Gasteiger charge is 2.41. The lowest BCUT2D eigenvalue weighted by molar-refractivity contribution is -0.152. The van der Waals surface area contributed by atoms with Gasteiger partial charge in [0.1, 0.15) is 5.69 Å². The molecule has 6 heteroatoms. The molecule has 0 radical (unpaired) electrons. The van der Waals surface area contributed by atoms with Gasteiger partial charge in [-0.05, 0) is 19.3 Å². The molecule has 1 aromatic heterocycles. The Balaban J connectivity index is 2.02. The van der Waals surface area contributed by atoms with Crippen LogP contribution in [0.15, 0.2) is 10.9 Å². The number of carboxylic acid groups (broad SMARTS) is 1. The Morgan fingerprint density at radius 2 is 2.16 bits per heavy atom. The summed E-state index contributed by atoms with van der Waals surface area (Å²) < 4.78 is 0. The topological polar surface area (TPSA) is 70.5 Å². The van der Waals surface area contributed by atoms with Gasteiger partial charge in [0.25, 0.3) is 5.91 Å². The van der Waals surface area contributed by atoms with Crippen LogP contribution in [0, 0.1) is 5.41 Å². The van der Waals surface area contributed by atoms with Crippen LogP contribution in [0.25, 0.3) is 0 Å². The molecular formula is C13H18N2O3S. The van der Waals surface area contributed by atoms with Gasteiger partial charge in [0.05, 0.1) is 10.9 Å². The lowest BCUT2D eigenvalue weighted by Gasteiger charge is -2.38. The number of amides is 1. The van der Waals surface area contributed by atoms with Crippen LogP contribution < -0.4 is 0 Å². The molecule has 1 amide bonds. The molecule has 2 rings (SSSR count). The van der Waals surface area contributed by atoms with E-state index in [0.29, 0.717) is 38.0 Å². The van der Waals surface area contributed by atoms with Crippen molar-refractivity contribution in [1.82, 2.24) is 9.88 Å². The van der Waals surface area contributed by atoms with E-state index in [4.69, 9.17) is 0 Å². The van der Waals surface area contributed by atoms with Gasteiger partial charge in [0.2, 0.25) is 0 Å². The average molecular weight is 282 g/mol. The second-order valence-corrected chi connectivity index (χ2v) is 5.72. The summed E-state index contributed by atoms with van der Waals surface area (Å²) in [5, 5.41) is 11.1. The molecule has 0 aliphatic carbocycles. The molecule has 1 fully saturated rings. The quantitative estimate of drug-likeness (QED) is 0.919. The number of rotatable bonds is 4. The first-order valence-corrected chi connectivity index (χ1v) is 7.44. The number of aliphatic carboxylic acids is 1. The number of likely N-dealkylation sites (tertiary alicyclic amines) is 1. The summed E-state index contributed by atoms with van der Waals surface area (Å²) in [5.41, 5.74) is 1.45. The smallest absolute Gasteiger partial charge is 0.309 e. The lowest BCUT2D eigenvalue weighted by Crippen LogP contribution is -2.46. The molecule has 1 aliphatic heterocycles. The lowest BCUT2D eigenvalue weighted by atomic mass is 9.75. The zero-order valence-electron chi connectivity index (χ0n) is 11.0. The summed E-state index contributed by atoms with van der Waals surface area (Å²) in [4.78, 5) is 29.3. The van der Waals surface area contributed by atoms with Gasteiger partial charge < -0.3 is 10.0 Å². The van der Waals surface area contributed by atoms with Gasteiger partial charge in [-0.3, -0.25) is 9.59 Å². The molecule has 0 unspecified atom stereocenters. The van der Waals surface area contributed by atoms with Crippen molar-refractivity contribution in [3.8, 4) is 0 Å². The van der Waals surface area contributed by atoms with Crippen LogP contribution in [0.2, 0.25) is 0 Å². The SMILES string of the molecule is CCCC1(C(=O)O)CCN(C(=O)c2cscn2)CC1. The van der Waals surface area contributed by atoms with Gasteiger partial charge in [-0.1, -0.05) is 13.3 Å². The van der Waals surface area contributed by atoms with Crippen molar-refractivity contribution in [3.63, 3.8) is 0 Å². The minimum absolute atomic E-state index is 0.0864. The van der Waals surface area contributed by atoms with E-state index in [1.165, 1.54) is 11.3 Å². The Bertz CT molecular complexity index is 450. The van der Waals surface area contributed by atoms with Crippen molar-refractivity contribution in [2.45, 2.75) is 32.6 Å².